The summed E-state index contributed by atoms with van der Waals surface area (Å²) in [4.78, 5) is 40.9. The molecule has 0 radical (unpaired) electrons. The number of amides is 1. The van der Waals surface area contributed by atoms with Gasteiger partial charge in [-0.1, -0.05) is 20.8 Å². The molecule has 0 unspecified atom stereocenters. The van der Waals surface area contributed by atoms with Crippen molar-refractivity contribution >= 4 is 40.3 Å². The van der Waals surface area contributed by atoms with Crippen molar-refractivity contribution < 1.29 is 24.2 Å². The van der Waals surface area contributed by atoms with E-state index in [1.54, 1.807) is 41.5 Å². The van der Waals surface area contributed by atoms with Crippen LogP contribution in [0.5, 0.6) is 0 Å². The van der Waals surface area contributed by atoms with Crippen molar-refractivity contribution in [2.45, 2.75) is 66.4 Å². The summed E-state index contributed by atoms with van der Waals surface area (Å²) >= 11 is 1.97. The first-order valence-corrected chi connectivity index (χ1v) is 10.4. The van der Waals surface area contributed by atoms with Crippen LogP contribution in [0, 0.1) is 14.4 Å². The summed E-state index contributed by atoms with van der Waals surface area (Å²) in [6, 6.07) is 0. The van der Waals surface area contributed by atoms with Gasteiger partial charge in [-0.3, -0.25) is 14.2 Å². The Hall–Kier alpha value is -1.53. The van der Waals surface area contributed by atoms with E-state index in [0.29, 0.717) is 3.57 Å². The van der Waals surface area contributed by atoms with Gasteiger partial charge in [0.15, 0.2) is 5.82 Å². The number of ether oxygens (including phenoxy) is 2. The summed E-state index contributed by atoms with van der Waals surface area (Å²) in [5.41, 5.74) is -1.94. The van der Waals surface area contributed by atoms with E-state index >= 15 is 0 Å². The van der Waals surface area contributed by atoms with Gasteiger partial charge in [0.05, 0.1) is 15.6 Å². The molecule has 29 heavy (non-hydrogen) atoms. The molecule has 1 aromatic rings. The van der Waals surface area contributed by atoms with Crippen molar-refractivity contribution in [3.05, 3.63) is 20.3 Å². The molecule has 1 aliphatic rings. The molecular formula is C19H28IN3O6. The highest BCUT2D eigenvalue weighted by Crippen LogP contribution is 2.32. The largest absolute Gasteiger partial charge is 0.459 e. The molecule has 10 heteroatoms. The third-order valence-electron chi connectivity index (χ3n) is 4.36. The van der Waals surface area contributed by atoms with Crippen molar-refractivity contribution in [2.24, 2.45) is 10.8 Å². The Kier molecular flexibility index (Phi) is 7.11. The first-order valence-electron chi connectivity index (χ1n) is 9.31. The average molecular weight is 521 g/mol. The highest BCUT2D eigenvalue weighted by Gasteiger charge is 2.40. The number of carbonyl (C=O) groups is 2. The smallest absolute Gasteiger partial charge is 0.351 e. The van der Waals surface area contributed by atoms with E-state index in [1.165, 1.54) is 10.8 Å². The Morgan fingerprint density at radius 1 is 1.31 bits per heavy atom. The zero-order valence-corrected chi connectivity index (χ0v) is 19.6. The van der Waals surface area contributed by atoms with Gasteiger partial charge in [-0.2, -0.15) is 4.98 Å². The van der Waals surface area contributed by atoms with E-state index in [9.17, 15) is 19.5 Å². The second-order valence-corrected chi connectivity index (χ2v) is 10.2. The molecule has 1 aromatic heterocycles. The maximum atomic E-state index is 12.5. The molecule has 1 fully saturated rings. The third-order valence-corrected chi connectivity index (χ3v) is 5.15. The number of aliphatic hydroxyl groups is 1. The first kappa shape index (κ1) is 23.7. The number of aliphatic hydroxyl groups excluding tert-OH is 1. The monoisotopic (exact) mass is 521 g/mol. The topological polar surface area (TPSA) is 120 Å². The molecule has 0 spiro atoms. The second-order valence-electron chi connectivity index (χ2n) is 9.07. The molecular weight excluding hydrogens is 493 g/mol. The molecule has 1 aliphatic heterocycles. The summed E-state index contributed by atoms with van der Waals surface area (Å²) in [5, 5.41) is 12.3. The van der Waals surface area contributed by atoms with Gasteiger partial charge in [-0.05, 0) is 43.4 Å². The van der Waals surface area contributed by atoms with Crippen molar-refractivity contribution in [2.75, 3.05) is 11.9 Å². The molecule has 2 rings (SSSR count). The molecule has 2 N–H and O–H groups in total. The molecule has 0 saturated carbocycles. The van der Waals surface area contributed by atoms with Crippen LogP contribution in [-0.2, 0) is 19.1 Å². The van der Waals surface area contributed by atoms with E-state index in [2.05, 4.69) is 10.3 Å². The van der Waals surface area contributed by atoms with Crippen LogP contribution in [0.25, 0.3) is 0 Å². The lowest BCUT2D eigenvalue weighted by atomic mass is 9.96. The Labute approximate surface area is 183 Å². The predicted molar refractivity (Wildman–Crippen MR) is 114 cm³/mol. The number of nitrogens with one attached hydrogen (secondary N) is 1. The second kappa shape index (κ2) is 8.68. The molecule has 0 aromatic carbocycles. The lowest BCUT2D eigenvalue weighted by Crippen LogP contribution is -2.34. The van der Waals surface area contributed by atoms with Gasteiger partial charge in [-0.15, -0.1) is 0 Å². The minimum atomic E-state index is -0.745. The van der Waals surface area contributed by atoms with Gasteiger partial charge in [0.1, 0.15) is 18.4 Å². The quantitative estimate of drug-likeness (QED) is 0.460. The molecule has 162 valence electrons. The lowest BCUT2D eigenvalue weighted by molar-refractivity contribution is -0.162. The van der Waals surface area contributed by atoms with Crippen LogP contribution in [0.3, 0.4) is 0 Å². The Bertz CT molecular complexity index is 840. The summed E-state index contributed by atoms with van der Waals surface area (Å²) in [7, 11) is 0. The predicted octanol–water partition coefficient (Wildman–Crippen LogP) is 2.07. The van der Waals surface area contributed by atoms with E-state index in [1.807, 2.05) is 22.6 Å². The highest BCUT2D eigenvalue weighted by atomic mass is 127. The molecule has 9 nitrogen and oxygen atoms in total. The maximum Gasteiger partial charge on any atom is 0.351 e. The van der Waals surface area contributed by atoms with Crippen molar-refractivity contribution in [3.63, 3.8) is 0 Å². The Balaban J connectivity index is 2.22. The lowest BCUT2D eigenvalue weighted by Gasteiger charge is -2.22. The molecule has 0 bridgehead atoms. The minimum Gasteiger partial charge on any atom is -0.459 e. The number of halogens is 1. The van der Waals surface area contributed by atoms with Crippen LogP contribution >= 0.6 is 22.6 Å². The SMILES string of the molecule is CC(C)(C)C(=O)Nc1nc(=O)n([C@H]2C[C@H](OC(=O)C(C)(C)C)[C@@H](CO)O2)cc1I. The van der Waals surface area contributed by atoms with Crippen molar-refractivity contribution in [1.82, 2.24) is 9.55 Å². The number of anilines is 1. The summed E-state index contributed by atoms with van der Waals surface area (Å²) in [6.45, 7) is 10.1. The standard InChI is InChI=1S/C19H28IN3O6/c1-18(2,3)15(25)21-14-10(20)8-23(17(27)22-14)13-7-11(12(9-24)28-13)29-16(26)19(4,5)6/h8,11-13,24H,7,9H2,1-6H3,(H,21,22,25,27)/t11-,12+,13+/m0/s1. The van der Waals surface area contributed by atoms with Crippen LogP contribution in [0.2, 0.25) is 0 Å². The molecule has 1 saturated heterocycles. The number of hydrogen-bond acceptors (Lipinski definition) is 7. The Morgan fingerprint density at radius 2 is 1.93 bits per heavy atom. The fraction of sp³-hybridized carbons (Fsp3) is 0.684. The van der Waals surface area contributed by atoms with Crippen LogP contribution in [0.4, 0.5) is 5.82 Å². The number of hydrogen-bond donors (Lipinski definition) is 2. The van der Waals surface area contributed by atoms with E-state index in [-0.39, 0.29) is 24.8 Å². The van der Waals surface area contributed by atoms with Gasteiger partial charge in [0.2, 0.25) is 5.91 Å². The molecule has 3 atom stereocenters. The number of rotatable bonds is 4. The van der Waals surface area contributed by atoms with Crippen LogP contribution < -0.4 is 11.0 Å². The zero-order valence-electron chi connectivity index (χ0n) is 17.5. The summed E-state index contributed by atoms with van der Waals surface area (Å²) in [5.74, 6) is -0.489. The van der Waals surface area contributed by atoms with E-state index in [0.717, 1.165) is 0 Å². The fourth-order valence-corrected chi connectivity index (χ4v) is 3.06. The highest BCUT2D eigenvalue weighted by molar-refractivity contribution is 14.1. The first-order chi connectivity index (χ1) is 13.2. The van der Waals surface area contributed by atoms with Gasteiger partial charge < -0.3 is 19.9 Å². The number of carbonyl (C=O) groups excluding carboxylic acids is 2. The number of esters is 1. The van der Waals surface area contributed by atoms with Gasteiger partial charge in [-0.25, -0.2) is 4.79 Å². The van der Waals surface area contributed by atoms with Gasteiger partial charge in [0.25, 0.3) is 0 Å². The third kappa shape index (κ3) is 5.76. The molecule has 1 amide bonds. The van der Waals surface area contributed by atoms with Crippen molar-refractivity contribution in [1.29, 1.82) is 0 Å². The average Bonchev–Trinajstić information content (AvgIpc) is 2.98. The summed E-state index contributed by atoms with van der Waals surface area (Å²) in [6.07, 6.45) is -0.428. The van der Waals surface area contributed by atoms with Crippen LogP contribution in [0.1, 0.15) is 54.2 Å². The zero-order chi connectivity index (χ0) is 22.1. The summed E-state index contributed by atoms with van der Waals surface area (Å²) < 4.78 is 13.1. The van der Waals surface area contributed by atoms with Crippen LogP contribution in [-0.4, -0.2) is 45.3 Å². The fourth-order valence-electron chi connectivity index (χ4n) is 2.51. The maximum absolute atomic E-state index is 12.5. The minimum absolute atomic E-state index is 0.180. The van der Waals surface area contributed by atoms with Crippen molar-refractivity contribution in [3.8, 4) is 0 Å². The number of nitrogens with zero attached hydrogens (tertiary/aromatic N) is 2. The Morgan fingerprint density at radius 3 is 2.45 bits per heavy atom. The normalized spacial score (nSPS) is 22.4. The molecule has 2 heterocycles. The van der Waals surface area contributed by atoms with Crippen LogP contribution in [0.15, 0.2) is 11.0 Å². The van der Waals surface area contributed by atoms with E-state index < -0.39 is 40.9 Å². The number of aromatic nitrogens is 2. The molecule has 0 aliphatic carbocycles. The van der Waals surface area contributed by atoms with E-state index in [4.69, 9.17) is 9.47 Å². The van der Waals surface area contributed by atoms with Gasteiger partial charge in [0, 0.05) is 18.0 Å². The van der Waals surface area contributed by atoms with Gasteiger partial charge >= 0.3 is 11.7 Å².